The van der Waals surface area contributed by atoms with Gasteiger partial charge in [-0.3, -0.25) is 9.59 Å². The van der Waals surface area contributed by atoms with Crippen molar-refractivity contribution in [2.24, 2.45) is 5.92 Å². The topological polar surface area (TPSA) is 95.9 Å². The number of hydrogen-bond donors (Lipinski definition) is 2. The molecule has 148 valence electrons. The van der Waals surface area contributed by atoms with Crippen LogP contribution in [0.1, 0.15) is 37.6 Å². The van der Waals surface area contributed by atoms with Gasteiger partial charge < -0.3 is 20.1 Å². The first-order chi connectivity index (χ1) is 12.7. The summed E-state index contributed by atoms with van der Waals surface area (Å²) in [7, 11) is 0. The van der Waals surface area contributed by atoms with Crippen molar-refractivity contribution < 1.29 is 24.2 Å². The van der Waals surface area contributed by atoms with Gasteiger partial charge in [0.2, 0.25) is 5.91 Å². The smallest absolute Gasteiger partial charge is 0.334 e. The minimum atomic E-state index is -1.11. The second-order valence-electron chi connectivity index (χ2n) is 6.86. The molecule has 1 heterocycles. The van der Waals surface area contributed by atoms with Crippen LogP contribution in [0.4, 0.5) is 0 Å². The Morgan fingerprint density at radius 1 is 1.30 bits per heavy atom. The van der Waals surface area contributed by atoms with Gasteiger partial charge in [-0.15, -0.1) is 0 Å². The molecule has 1 aromatic rings. The van der Waals surface area contributed by atoms with E-state index >= 15 is 0 Å². The van der Waals surface area contributed by atoms with Gasteiger partial charge in [0.1, 0.15) is 6.04 Å². The maximum atomic E-state index is 13.1. The summed E-state index contributed by atoms with van der Waals surface area (Å²) in [5.74, 6) is -1.89. The Balaban J connectivity index is 2.17. The van der Waals surface area contributed by atoms with Crippen LogP contribution in [0.25, 0.3) is 0 Å². The number of amides is 2. The van der Waals surface area contributed by atoms with Gasteiger partial charge in [0.25, 0.3) is 5.91 Å². The molecule has 27 heavy (non-hydrogen) atoms. The van der Waals surface area contributed by atoms with Gasteiger partial charge in [-0.25, -0.2) is 4.79 Å². The Bertz CT molecular complexity index is 694. The van der Waals surface area contributed by atoms with Crippen molar-refractivity contribution in [3.05, 3.63) is 34.9 Å². The average molecular weight is 397 g/mol. The van der Waals surface area contributed by atoms with E-state index in [0.717, 1.165) is 0 Å². The van der Waals surface area contributed by atoms with E-state index in [1.165, 1.54) is 4.90 Å². The number of carboxylic acid groups (broad SMARTS) is 1. The largest absolute Gasteiger partial charge is 0.479 e. The molecule has 0 spiro atoms. The van der Waals surface area contributed by atoms with E-state index in [1.54, 1.807) is 31.2 Å². The molecule has 1 aromatic carbocycles. The standard InChI is InChI=1S/C19H25ClN2O5/c1-4-11(2)16(21-17(23)13-5-7-14(20)8-6-13)18(24)22-9-12(3)27-15(10-22)19(25)26/h5-8,11-12,15-16H,4,9-10H2,1-3H3,(H,21,23)(H,25,26)/t11?,12-,15?,16?/m1/s1. The predicted molar refractivity (Wildman–Crippen MR) is 101 cm³/mol. The Labute approximate surface area is 163 Å². The van der Waals surface area contributed by atoms with Crippen LogP contribution in [0.3, 0.4) is 0 Å². The van der Waals surface area contributed by atoms with Crippen LogP contribution in [0.5, 0.6) is 0 Å². The first kappa shape index (κ1) is 21.2. The number of benzene rings is 1. The summed E-state index contributed by atoms with van der Waals surface area (Å²) in [6.45, 7) is 5.78. The normalized spacial score (nSPS) is 22.0. The summed E-state index contributed by atoms with van der Waals surface area (Å²) < 4.78 is 5.36. The molecule has 4 atom stereocenters. The van der Waals surface area contributed by atoms with Crippen molar-refractivity contribution in [1.29, 1.82) is 0 Å². The van der Waals surface area contributed by atoms with Crippen molar-refractivity contribution in [3.63, 3.8) is 0 Å². The van der Waals surface area contributed by atoms with E-state index in [4.69, 9.17) is 16.3 Å². The Kier molecular flexibility index (Phi) is 7.21. The van der Waals surface area contributed by atoms with Gasteiger partial charge in [-0.1, -0.05) is 31.9 Å². The zero-order valence-corrected chi connectivity index (χ0v) is 16.4. The lowest BCUT2D eigenvalue weighted by atomic mass is 9.96. The van der Waals surface area contributed by atoms with E-state index in [-0.39, 0.29) is 30.8 Å². The second-order valence-corrected chi connectivity index (χ2v) is 7.30. The number of hydrogen-bond acceptors (Lipinski definition) is 4. The van der Waals surface area contributed by atoms with Crippen LogP contribution in [0.2, 0.25) is 5.02 Å². The third-order valence-electron chi connectivity index (χ3n) is 4.72. The molecule has 2 rings (SSSR count). The van der Waals surface area contributed by atoms with Gasteiger partial charge in [0.15, 0.2) is 6.10 Å². The number of carbonyl (C=O) groups excluding carboxylic acids is 2. The van der Waals surface area contributed by atoms with Crippen molar-refractivity contribution in [2.75, 3.05) is 13.1 Å². The molecule has 2 amide bonds. The fourth-order valence-electron chi connectivity index (χ4n) is 2.97. The van der Waals surface area contributed by atoms with Crippen LogP contribution in [-0.4, -0.2) is 59.1 Å². The van der Waals surface area contributed by atoms with E-state index in [1.807, 2.05) is 13.8 Å². The monoisotopic (exact) mass is 396 g/mol. The summed E-state index contributed by atoms with van der Waals surface area (Å²) in [6.07, 6.45) is -0.782. The van der Waals surface area contributed by atoms with E-state index in [9.17, 15) is 19.5 Å². The molecule has 1 fully saturated rings. The summed E-state index contributed by atoms with van der Waals surface area (Å²) in [5, 5.41) is 12.5. The molecule has 0 aliphatic carbocycles. The average Bonchev–Trinajstić information content (AvgIpc) is 2.64. The molecule has 0 saturated carbocycles. The van der Waals surface area contributed by atoms with Gasteiger partial charge in [0.05, 0.1) is 12.6 Å². The quantitative estimate of drug-likeness (QED) is 0.768. The van der Waals surface area contributed by atoms with Crippen LogP contribution < -0.4 is 5.32 Å². The number of carboxylic acids is 1. The highest BCUT2D eigenvalue weighted by Gasteiger charge is 2.37. The number of morpholine rings is 1. The predicted octanol–water partition coefficient (Wildman–Crippen LogP) is 2.19. The molecule has 1 aliphatic rings. The van der Waals surface area contributed by atoms with Crippen LogP contribution in [-0.2, 0) is 14.3 Å². The van der Waals surface area contributed by atoms with Gasteiger partial charge in [-0.05, 0) is 37.1 Å². The fraction of sp³-hybridized carbons (Fsp3) is 0.526. The van der Waals surface area contributed by atoms with Crippen molar-refractivity contribution in [1.82, 2.24) is 10.2 Å². The van der Waals surface area contributed by atoms with Crippen molar-refractivity contribution >= 4 is 29.4 Å². The maximum absolute atomic E-state index is 13.1. The molecule has 0 bridgehead atoms. The third kappa shape index (κ3) is 5.43. The van der Waals surface area contributed by atoms with E-state index in [2.05, 4.69) is 5.32 Å². The molecule has 0 aromatic heterocycles. The summed E-state index contributed by atoms with van der Waals surface area (Å²) in [4.78, 5) is 38.4. The summed E-state index contributed by atoms with van der Waals surface area (Å²) in [5.41, 5.74) is 0.402. The number of ether oxygens (including phenoxy) is 1. The third-order valence-corrected chi connectivity index (χ3v) is 4.97. The number of halogens is 1. The molecule has 3 unspecified atom stereocenters. The summed E-state index contributed by atoms with van der Waals surface area (Å²) >= 11 is 5.85. The number of nitrogens with zero attached hydrogens (tertiary/aromatic N) is 1. The minimum absolute atomic E-state index is 0.0394. The molecule has 7 nitrogen and oxygen atoms in total. The van der Waals surface area contributed by atoms with E-state index in [0.29, 0.717) is 17.0 Å². The van der Waals surface area contributed by atoms with Gasteiger partial charge in [0, 0.05) is 17.1 Å². The molecule has 1 aliphatic heterocycles. The molecule has 1 saturated heterocycles. The summed E-state index contributed by atoms with van der Waals surface area (Å²) in [6, 6.07) is 5.65. The lowest BCUT2D eigenvalue weighted by Crippen LogP contribution is -2.58. The molecular formula is C19H25ClN2O5. The van der Waals surface area contributed by atoms with E-state index < -0.39 is 24.2 Å². The first-order valence-electron chi connectivity index (χ1n) is 8.96. The van der Waals surface area contributed by atoms with Crippen molar-refractivity contribution in [3.8, 4) is 0 Å². The Morgan fingerprint density at radius 2 is 1.93 bits per heavy atom. The zero-order chi connectivity index (χ0) is 20.1. The highest BCUT2D eigenvalue weighted by molar-refractivity contribution is 6.30. The highest BCUT2D eigenvalue weighted by atomic mass is 35.5. The number of carbonyl (C=O) groups is 3. The van der Waals surface area contributed by atoms with Crippen molar-refractivity contribution in [2.45, 2.75) is 45.4 Å². The van der Waals surface area contributed by atoms with Gasteiger partial charge in [-0.2, -0.15) is 0 Å². The highest BCUT2D eigenvalue weighted by Crippen LogP contribution is 2.18. The van der Waals surface area contributed by atoms with Crippen LogP contribution in [0, 0.1) is 5.92 Å². The molecule has 8 heteroatoms. The maximum Gasteiger partial charge on any atom is 0.334 e. The lowest BCUT2D eigenvalue weighted by Gasteiger charge is -2.38. The second kappa shape index (κ2) is 9.19. The van der Waals surface area contributed by atoms with Gasteiger partial charge >= 0.3 is 5.97 Å². The Hall–Kier alpha value is -2.12. The number of aliphatic carboxylic acids is 1. The molecule has 2 N–H and O–H groups in total. The lowest BCUT2D eigenvalue weighted by molar-refractivity contribution is -0.167. The first-order valence-corrected chi connectivity index (χ1v) is 9.34. The molecular weight excluding hydrogens is 372 g/mol. The minimum Gasteiger partial charge on any atom is -0.479 e. The Morgan fingerprint density at radius 3 is 2.48 bits per heavy atom. The molecule has 0 radical (unpaired) electrons. The number of nitrogens with one attached hydrogen (secondary N) is 1. The van der Waals surface area contributed by atoms with Crippen LogP contribution in [0.15, 0.2) is 24.3 Å². The fourth-order valence-corrected chi connectivity index (χ4v) is 3.10. The number of rotatable bonds is 6. The SMILES string of the molecule is CCC(C)C(NC(=O)c1ccc(Cl)cc1)C(=O)N1CC(C(=O)O)O[C@H](C)C1. The van der Waals surface area contributed by atoms with Crippen LogP contribution >= 0.6 is 11.6 Å². The zero-order valence-electron chi connectivity index (χ0n) is 15.6.